The first kappa shape index (κ1) is 24.6. The first-order valence-corrected chi connectivity index (χ1v) is 12.5. The van der Waals surface area contributed by atoms with E-state index in [1.807, 2.05) is 60.9 Å². The maximum Gasteiger partial charge on any atom is 0.228 e. The molecule has 1 aliphatic rings. The number of rotatable bonds is 8. The molecule has 1 fully saturated rings. The molecule has 7 heteroatoms. The molecule has 188 valence electrons. The molecule has 1 aliphatic heterocycles. The summed E-state index contributed by atoms with van der Waals surface area (Å²) in [5, 5.41) is 2.94. The second-order valence-electron chi connectivity index (χ2n) is 9.31. The topological polar surface area (TPSA) is 93.4 Å². The summed E-state index contributed by atoms with van der Waals surface area (Å²) in [6.07, 6.45) is 6.37. The molecule has 0 bridgehead atoms. The Morgan fingerprint density at radius 3 is 2.54 bits per heavy atom. The van der Waals surface area contributed by atoms with E-state index in [9.17, 15) is 4.79 Å². The molecule has 0 atom stereocenters. The average molecular weight is 494 g/mol. The minimum atomic E-state index is -0.138. The quantitative estimate of drug-likeness (QED) is 0.355. The van der Waals surface area contributed by atoms with E-state index in [4.69, 9.17) is 10.5 Å². The number of aromatic nitrogens is 2. The van der Waals surface area contributed by atoms with E-state index in [0.29, 0.717) is 11.4 Å². The lowest BCUT2D eigenvalue weighted by atomic mass is 10.00. The van der Waals surface area contributed by atoms with Gasteiger partial charge in [0.2, 0.25) is 5.91 Å². The lowest BCUT2D eigenvalue weighted by Gasteiger charge is -2.26. The lowest BCUT2D eigenvalue weighted by molar-refractivity contribution is -0.115. The number of amides is 1. The molecule has 0 aliphatic carbocycles. The van der Waals surface area contributed by atoms with E-state index in [1.54, 1.807) is 6.20 Å². The summed E-state index contributed by atoms with van der Waals surface area (Å²) in [6.45, 7) is 4.23. The van der Waals surface area contributed by atoms with Crippen molar-refractivity contribution >= 4 is 17.3 Å². The molecule has 2 aromatic carbocycles. The Hall–Kier alpha value is -4.07. The van der Waals surface area contributed by atoms with Crippen LogP contribution in [0.2, 0.25) is 0 Å². The van der Waals surface area contributed by atoms with Crippen molar-refractivity contribution in [1.29, 1.82) is 0 Å². The third-order valence-electron chi connectivity index (χ3n) is 6.47. The minimum absolute atomic E-state index is 0.138. The molecular formula is C30H31N5O2. The number of hydrogen-bond acceptors (Lipinski definition) is 6. The van der Waals surface area contributed by atoms with Crippen molar-refractivity contribution in [2.45, 2.75) is 19.4 Å². The third kappa shape index (κ3) is 6.78. The normalized spacial score (nSPS) is 13.8. The summed E-state index contributed by atoms with van der Waals surface area (Å²) in [6, 6.07) is 22.0. The number of anilines is 2. The number of nitrogens with zero attached hydrogens (tertiary/aromatic N) is 3. The molecule has 1 saturated heterocycles. The number of carbonyl (C=O) groups excluding carboxylic acids is 1. The number of morpholine rings is 1. The standard InChI is InChI=1S/C30H31N5O2/c31-29-9-6-24(26-14-23(18-32-19-26)21-35-10-12-37-13-11-35)16-25(29)17-30(36)34-28-8-7-27(33-20-28)15-22-4-2-1-3-5-22/h1-9,14,16,18-20H,10-13,15,17,21,31H2,(H,34,36). The van der Waals surface area contributed by atoms with Crippen LogP contribution in [0.15, 0.2) is 85.3 Å². The van der Waals surface area contributed by atoms with Crippen LogP contribution >= 0.6 is 0 Å². The van der Waals surface area contributed by atoms with Crippen molar-refractivity contribution in [1.82, 2.24) is 14.9 Å². The highest BCUT2D eigenvalue weighted by molar-refractivity contribution is 5.93. The predicted molar refractivity (Wildman–Crippen MR) is 146 cm³/mol. The molecule has 5 rings (SSSR count). The van der Waals surface area contributed by atoms with Crippen molar-refractivity contribution in [2.24, 2.45) is 0 Å². The van der Waals surface area contributed by atoms with Crippen molar-refractivity contribution in [3.05, 3.63) is 108 Å². The third-order valence-corrected chi connectivity index (χ3v) is 6.47. The molecular weight excluding hydrogens is 462 g/mol. The zero-order chi connectivity index (χ0) is 25.5. The molecule has 2 aromatic heterocycles. The SMILES string of the molecule is Nc1ccc(-c2cncc(CN3CCOCC3)c2)cc1CC(=O)Nc1ccc(Cc2ccccc2)nc1. The van der Waals surface area contributed by atoms with Gasteiger partial charge in [-0.25, -0.2) is 0 Å². The summed E-state index contributed by atoms with van der Waals surface area (Å²) in [4.78, 5) is 24.1. The highest BCUT2D eigenvalue weighted by Gasteiger charge is 2.13. The van der Waals surface area contributed by atoms with Gasteiger partial charge in [-0.2, -0.15) is 0 Å². The van der Waals surface area contributed by atoms with Crippen LogP contribution < -0.4 is 11.1 Å². The Bertz CT molecular complexity index is 1340. The Morgan fingerprint density at radius 1 is 0.919 bits per heavy atom. The molecule has 1 amide bonds. The van der Waals surface area contributed by atoms with Gasteiger partial charge < -0.3 is 15.8 Å². The van der Waals surface area contributed by atoms with Gasteiger partial charge in [0, 0.05) is 55.4 Å². The highest BCUT2D eigenvalue weighted by Crippen LogP contribution is 2.25. The summed E-state index contributed by atoms with van der Waals surface area (Å²) in [7, 11) is 0. The van der Waals surface area contributed by atoms with Crippen LogP contribution in [0.3, 0.4) is 0 Å². The Balaban J connectivity index is 1.22. The van der Waals surface area contributed by atoms with Gasteiger partial charge >= 0.3 is 0 Å². The van der Waals surface area contributed by atoms with Gasteiger partial charge in [-0.15, -0.1) is 0 Å². The van der Waals surface area contributed by atoms with Crippen LogP contribution in [0, 0.1) is 0 Å². The molecule has 37 heavy (non-hydrogen) atoms. The fraction of sp³-hybridized carbons (Fsp3) is 0.233. The first-order valence-electron chi connectivity index (χ1n) is 12.5. The number of carbonyl (C=O) groups is 1. The van der Waals surface area contributed by atoms with Crippen LogP contribution in [0.5, 0.6) is 0 Å². The average Bonchev–Trinajstić information content (AvgIpc) is 2.92. The molecule has 7 nitrogen and oxygen atoms in total. The maximum absolute atomic E-state index is 12.8. The molecule has 0 spiro atoms. The summed E-state index contributed by atoms with van der Waals surface area (Å²) >= 11 is 0. The fourth-order valence-electron chi connectivity index (χ4n) is 4.47. The second kappa shape index (κ2) is 11.8. The molecule has 0 saturated carbocycles. The van der Waals surface area contributed by atoms with E-state index >= 15 is 0 Å². The van der Waals surface area contributed by atoms with Crippen LogP contribution in [-0.2, 0) is 28.9 Å². The maximum atomic E-state index is 12.8. The minimum Gasteiger partial charge on any atom is -0.398 e. The van der Waals surface area contributed by atoms with Gasteiger partial charge in [0.15, 0.2) is 0 Å². The number of ether oxygens (including phenoxy) is 1. The van der Waals surface area contributed by atoms with Crippen molar-refractivity contribution in [2.75, 3.05) is 37.4 Å². The van der Waals surface area contributed by atoms with Crippen LogP contribution in [0.4, 0.5) is 11.4 Å². The zero-order valence-electron chi connectivity index (χ0n) is 20.8. The van der Waals surface area contributed by atoms with E-state index < -0.39 is 0 Å². The largest absolute Gasteiger partial charge is 0.398 e. The van der Waals surface area contributed by atoms with Crippen LogP contribution in [0.25, 0.3) is 11.1 Å². The van der Waals surface area contributed by atoms with Crippen molar-refractivity contribution in [3.8, 4) is 11.1 Å². The monoisotopic (exact) mass is 493 g/mol. The van der Waals surface area contributed by atoms with Gasteiger partial charge in [0.05, 0.1) is 31.5 Å². The second-order valence-corrected chi connectivity index (χ2v) is 9.31. The number of benzene rings is 2. The number of pyridine rings is 2. The molecule has 0 radical (unpaired) electrons. The first-order chi connectivity index (χ1) is 18.1. The van der Waals surface area contributed by atoms with E-state index in [0.717, 1.165) is 67.2 Å². The predicted octanol–water partition coefficient (Wildman–Crippen LogP) is 4.33. The smallest absolute Gasteiger partial charge is 0.228 e. The Labute approximate surface area is 217 Å². The molecule has 3 heterocycles. The number of nitrogens with two attached hydrogens (primary N) is 1. The summed E-state index contributed by atoms with van der Waals surface area (Å²) < 4.78 is 5.45. The summed E-state index contributed by atoms with van der Waals surface area (Å²) in [5.74, 6) is -0.138. The van der Waals surface area contributed by atoms with Gasteiger partial charge in [-0.1, -0.05) is 36.4 Å². The molecule has 0 unspecified atom stereocenters. The Kier molecular flexibility index (Phi) is 7.84. The summed E-state index contributed by atoms with van der Waals surface area (Å²) in [5.41, 5.74) is 13.6. The van der Waals surface area contributed by atoms with Crippen LogP contribution in [0.1, 0.15) is 22.4 Å². The molecule has 3 N–H and O–H groups in total. The lowest BCUT2D eigenvalue weighted by Crippen LogP contribution is -2.35. The van der Waals surface area contributed by atoms with Crippen molar-refractivity contribution < 1.29 is 9.53 Å². The van der Waals surface area contributed by atoms with Gasteiger partial charge in [-0.3, -0.25) is 19.7 Å². The Morgan fingerprint density at radius 2 is 1.76 bits per heavy atom. The zero-order valence-corrected chi connectivity index (χ0v) is 20.8. The van der Waals surface area contributed by atoms with Gasteiger partial charge in [0.25, 0.3) is 0 Å². The number of nitrogens with one attached hydrogen (secondary N) is 1. The van der Waals surface area contributed by atoms with Gasteiger partial charge in [0.1, 0.15) is 0 Å². The fourth-order valence-corrected chi connectivity index (χ4v) is 4.47. The highest BCUT2D eigenvalue weighted by atomic mass is 16.5. The van der Waals surface area contributed by atoms with E-state index in [1.165, 1.54) is 5.56 Å². The number of nitrogen functional groups attached to an aromatic ring is 1. The van der Waals surface area contributed by atoms with E-state index in [-0.39, 0.29) is 12.3 Å². The molecule has 4 aromatic rings. The van der Waals surface area contributed by atoms with Gasteiger partial charge in [-0.05, 0) is 52.6 Å². The van der Waals surface area contributed by atoms with Crippen molar-refractivity contribution in [3.63, 3.8) is 0 Å². The van der Waals surface area contributed by atoms with E-state index in [2.05, 4.69) is 38.4 Å². The number of hydrogen-bond donors (Lipinski definition) is 2. The van der Waals surface area contributed by atoms with Crippen LogP contribution in [-0.4, -0.2) is 47.1 Å².